The highest BCUT2D eigenvalue weighted by atomic mass is 35.6. The van der Waals surface area contributed by atoms with Crippen LogP contribution in [0.15, 0.2) is 0 Å². The van der Waals surface area contributed by atoms with Crippen molar-refractivity contribution < 1.29 is 0 Å². The van der Waals surface area contributed by atoms with Crippen LogP contribution in [0.5, 0.6) is 0 Å². The molecular weight excluding hydrogens is 170 g/mol. The summed E-state index contributed by atoms with van der Waals surface area (Å²) in [6, 6.07) is 0. The molecule has 0 aliphatic rings. The Bertz CT molecular complexity index is 3.61. The molecule has 0 aromatic heterocycles. The fourth-order valence-corrected chi connectivity index (χ4v) is 0. The molecule has 5 heavy (non-hydrogen) atoms. The number of halogens is 4. The van der Waals surface area contributed by atoms with E-state index in [0.717, 1.165) is 9.55 Å². The highest BCUT2D eigenvalue weighted by molar-refractivity contribution is 6.80. The van der Waals surface area contributed by atoms with Crippen LogP contribution in [0.25, 0.3) is 0 Å². The summed E-state index contributed by atoms with van der Waals surface area (Å²) in [6.45, 7) is 0. The molecule has 0 rings (SSSR count). The quantitative estimate of drug-likeness (QED) is 0.377. The van der Waals surface area contributed by atoms with E-state index in [1.54, 1.807) is 0 Å². The summed E-state index contributed by atoms with van der Waals surface area (Å²) in [5.41, 5.74) is 0. The van der Waals surface area contributed by atoms with Crippen LogP contribution in [0.1, 0.15) is 0 Å². The van der Waals surface area contributed by atoms with E-state index in [1.807, 2.05) is 0 Å². The van der Waals surface area contributed by atoms with Gasteiger partial charge in [-0.05, 0) is 0 Å². The van der Waals surface area contributed by atoms with Crippen LogP contribution in [0, 0.1) is 0 Å². The predicted molar refractivity (Wildman–Crippen MR) is 37.5 cm³/mol. The van der Waals surface area contributed by atoms with E-state index < -0.39 is 0 Å². The van der Waals surface area contributed by atoms with Crippen LogP contribution in [-0.4, -0.2) is 9.55 Å². The lowest BCUT2D eigenvalue weighted by molar-refractivity contribution is 4.80. The molecule has 0 atom stereocenters. The maximum Gasteiger partial charge on any atom is 0.109 e. The maximum absolute atomic E-state index is 4.78. The van der Waals surface area contributed by atoms with E-state index >= 15 is 0 Å². The summed E-state index contributed by atoms with van der Waals surface area (Å²) in [5, 5.41) is 0. The van der Waals surface area contributed by atoms with E-state index in [9.17, 15) is 0 Å². The number of hydrogen-bond donors (Lipinski definition) is 0. The highest BCUT2D eigenvalue weighted by Crippen LogP contribution is 1.29. The average molecular weight is 176 g/mol. The van der Waals surface area contributed by atoms with Gasteiger partial charge in [0.1, 0.15) is 9.55 Å². The van der Waals surface area contributed by atoms with Crippen LogP contribution in [0.2, 0.25) is 0 Å². The molecule has 0 saturated carbocycles. The smallest absolute Gasteiger partial charge is 0.109 e. The summed E-state index contributed by atoms with van der Waals surface area (Å²) >= 11 is 4.78. The normalized spacial score (nSPS) is 1.80. The van der Waals surface area contributed by atoms with Crippen molar-refractivity contribution in [2.45, 2.75) is 0 Å². The van der Waals surface area contributed by atoms with Gasteiger partial charge in [-0.25, -0.2) is 0 Å². The van der Waals surface area contributed by atoms with Crippen molar-refractivity contribution in [3.8, 4) is 0 Å². The Hall–Kier alpha value is 1.38. The Morgan fingerprint density at radius 1 is 0.800 bits per heavy atom. The minimum Gasteiger partial charge on any atom is -0.181 e. The lowest BCUT2D eigenvalue weighted by Gasteiger charge is -1.05. The summed E-state index contributed by atoms with van der Waals surface area (Å²) in [4.78, 5) is 0. The van der Waals surface area contributed by atoms with Crippen molar-refractivity contribution in [2.75, 3.05) is 0 Å². The second-order valence-corrected chi connectivity index (χ2v) is 0. The molecule has 0 amide bonds. The Labute approximate surface area is 58.0 Å². The van der Waals surface area contributed by atoms with Gasteiger partial charge in [0.25, 0.3) is 0 Å². The van der Waals surface area contributed by atoms with Gasteiger partial charge in [-0.2, -0.15) is 11.1 Å². The van der Waals surface area contributed by atoms with Crippen molar-refractivity contribution in [1.82, 2.24) is 0 Å². The van der Waals surface area contributed by atoms with E-state index in [4.69, 9.17) is 11.1 Å². The summed E-state index contributed by atoms with van der Waals surface area (Å²) < 4.78 is 0. The molecule has 0 unspecified atom stereocenters. The Kier molecular flexibility index (Phi) is 355. The fraction of sp³-hybridized carbons (Fsp3) is 0. The van der Waals surface area contributed by atoms with Crippen molar-refractivity contribution >= 4 is 57.9 Å². The first kappa shape index (κ1) is 32.6. The minimum absolute atomic E-state index is 0. The molecule has 0 aromatic carbocycles. The van der Waals surface area contributed by atoms with Gasteiger partial charge < -0.3 is 0 Å². The van der Waals surface area contributed by atoms with Crippen LogP contribution in [0.3, 0.4) is 0 Å². The van der Waals surface area contributed by atoms with Gasteiger partial charge in [0.05, 0.1) is 0 Å². The Morgan fingerprint density at radius 2 is 0.800 bits per heavy atom. The van der Waals surface area contributed by atoms with E-state index in [0.29, 0.717) is 0 Å². The first-order chi connectivity index (χ1) is 1.00. The van der Waals surface area contributed by atoms with Crippen molar-refractivity contribution in [1.29, 1.82) is 0 Å². The molecule has 0 aromatic rings. The van der Waals surface area contributed by atoms with Gasteiger partial charge in [-0.3, -0.25) is 0 Å². The Morgan fingerprint density at radius 3 is 0.800 bits per heavy atom. The molecule has 0 spiro atoms. The van der Waals surface area contributed by atoms with Gasteiger partial charge in [-0.15, -0.1) is 37.2 Å². The van der Waals surface area contributed by atoms with Gasteiger partial charge in [-0.1, -0.05) is 0 Å². The van der Waals surface area contributed by atoms with Crippen LogP contribution < -0.4 is 0 Å². The zero-order valence-corrected chi connectivity index (χ0v) is 7.81. The molecule has 0 bridgehead atoms. The molecule has 0 aliphatic carbocycles. The first-order valence-electron chi connectivity index (χ1n) is 0.378. The third-order valence-corrected chi connectivity index (χ3v) is 0. The van der Waals surface area contributed by atoms with Crippen LogP contribution in [0.4, 0.5) is 0 Å². The second-order valence-electron chi connectivity index (χ2n) is 0. The molecule has 0 aliphatic heterocycles. The third kappa shape index (κ3) is 32.3. The van der Waals surface area contributed by atoms with Crippen LogP contribution >= 0.6 is 48.3 Å². The van der Waals surface area contributed by atoms with Gasteiger partial charge in [0.2, 0.25) is 0 Å². The SMILES string of the molecule is Cl.Cl.Cl.[SiH3]Cl. The first-order valence-corrected chi connectivity index (χ1v) is 3.40. The average Bonchev–Trinajstić information content (AvgIpc) is 1.00. The molecule has 5 heteroatoms. The molecule has 0 fully saturated rings. The van der Waals surface area contributed by atoms with Gasteiger partial charge >= 0.3 is 0 Å². The van der Waals surface area contributed by atoms with Crippen molar-refractivity contribution in [3.63, 3.8) is 0 Å². The largest absolute Gasteiger partial charge is 0.181 e. The minimum atomic E-state index is 0. The van der Waals surface area contributed by atoms with Crippen molar-refractivity contribution in [2.24, 2.45) is 0 Å². The molecule has 0 nitrogen and oxygen atoms in total. The van der Waals surface area contributed by atoms with E-state index in [1.165, 1.54) is 0 Å². The van der Waals surface area contributed by atoms with Gasteiger partial charge in [0, 0.05) is 0 Å². The maximum atomic E-state index is 4.78. The molecule has 0 radical (unpaired) electrons. The topological polar surface area (TPSA) is 0 Å². The zero-order valence-electron chi connectivity index (χ0n) is 2.60. The lowest BCUT2D eigenvalue weighted by Crippen LogP contribution is -0.980. The lowest BCUT2D eigenvalue weighted by atomic mass is 28.0. The van der Waals surface area contributed by atoms with E-state index in [-0.39, 0.29) is 37.2 Å². The molecule has 38 valence electrons. The fourth-order valence-electron chi connectivity index (χ4n) is 0. The predicted octanol–water partition coefficient (Wildman–Crippen LogP) is 0.771. The molecule has 0 N–H and O–H groups in total. The third-order valence-electron chi connectivity index (χ3n) is 0. The standard InChI is InChI=1S/ClH3Si.3ClH/c1-2;;;/h2H3;3*1H. The Balaban J connectivity index is -0.00000000167. The van der Waals surface area contributed by atoms with Gasteiger partial charge in [0.15, 0.2) is 0 Å². The highest BCUT2D eigenvalue weighted by Gasteiger charge is 0.975. The van der Waals surface area contributed by atoms with Crippen LogP contribution in [-0.2, 0) is 0 Å². The van der Waals surface area contributed by atoms with E-state index in [2.05, 4.69) is 0 Å². The molecule has 0 saturated heterocycles. The summed E-state index contributed by atoms with van der Waals surface area (Å²) in [5.74, 6) is 0. The summed E-state index contributed by atoms with van der Waals surface area (Å²) in [7, 11) is 0.778. The zero-order chi connectivity index (χ0) is 2.00. The molecular formula is H6Cl4Si. The monoisotopic (exact) mass is 174 g/mol. The number of hydrogen-bond acceptors (Lipinski definition) is 0. The summed E-state index contributed by atoms with van der Waals surface area (Å²) in [6.07, 6.45) is 0. The second kappa shape index (κ2) is 54.3. The molecule has 0 heterocycles. The number of rotatable bonds is 0. The van der Waals surface area contributed by atoms with Crippen molar-refractivity contribution in [3.05, 3.63) is 0 Å².